The van der Waals surface area contributed by atoms with Crippen molar-refractivity contribution in [2.75, 3.05) is 6.61 Å². The number of thiocarbonyl (C=S) groups is 1. The van der Waals surface area contributed by atoms with Crippen LogP contribution in [0.1, 0.15) is 24.3 Å². The summed E-state index contributed by atoms with van der Waals surface area (Å²) >= 11 is 5.14. The molecular formula is C15H17NOS. The Morgan fingerprint density at radius 2 is 1.94 bits per heavy atom. The fourth-order valence-corrected chi connectivity index (χ4v) is 4.58. The summed E-state index contributed by atoms with van der Waals surface area (Å²) in [7, 11) is 0. The van der Waals surface area contributed by atoms with E-state index in [9.17, 15) is 0 Å². The minimum atomic E-state index is 0.580. The minimum absolute atomic E-state index is 0.580. The maximum absolute atomic E-state index is 5.55. The molecule has 2 nitrogen and oxygen atoms in total. The van der Waals surface area contributed by atoms with Gasteiger partial charge in [0.15, 0.2) is 0 Å². The Labute approximate surface area is 113 Å². The third kappa shape index (κ3) is 1.50. The van der Waals surface area contributed by atoms with Gasteiger partial charge in [-0.1, -0.05) is 30.3 Å². The zero-order valence-electron chi connectivity index (χ0n) is 10.2. The van der Waals surface area contributed by atoms with Crippen LogP contribution >= 0.6 is 12.2 Å². The van der Waals surface area contributed by atoms with E-state index in [2.05, 4.69) is 35.6 Å². The summed E-state index contributed by atoms with van der Waals surface area (Å²) in [5, 5.41) is 4.00. The van der Waals surface area contributed by atoms with E-state index in [1.54, 1.807) is 0 Å². The fraction of sp³-hybridized carbons (Fsp3) is 0.533. The lowest BCUT2D eigenvalue weighted by atomic mass is 9.74. The Kier molecular flexibility index (Phi) is 2.37. The van der Waals surface area contributed by atoms with Crippen LogP contribution in [0.15, 0.2) is 30.3 Å². The molecule has 94 valence electrons. The van der Waals surface area contributed by atoms with Crippen LogP contribution in [0.5, 0.6) is 0 Å². The largest absolute Gasteiger partial charge is 0.471 e. The summed E-state index contributed by atoms with van der Waals surface area (Å²) in [6.45, 7) is 0.820. The second-order valence-electron chi connectivity index (χ2n) is 5.84. The molecule has 3 aliphatic rings. The summed E-state index contributed by atoms with van der Waals surface area (Å²) in [5.74, 6) is 2.94. The molecule has 3 heteroatoms. The molecule has 0 amide bonds. The van der Waals surface area contributed by atoms with Crippen LogP contribution in [0, 0.1) is 17.8 Å². The van der Waals surface area contributed by atoms with Gasteiger partial charge in [0.25, 0.3) is 5.17 Å². The molecule has 1 saturated heterocycles. The van der Waals surface area contributed by atoms with Gasteiger partial charge >= 0.3 is 0 Å². The first-order chi connectivity index (χ1) is 8.83. The fourth-order valence-electron chi connectivity index (χ4n) is 4.38. The van der Waals surface area contributed by atoms with Crippen molar-refractivity contribution in [3.8, 4) is 0 Å². The highest BCUT2D eigenvalue weighted by atomic mass is 32.1. The summed E-state index contributed by atoms with van der Waals surface area (Å²) in [5.41, 5.74) is 1.51. The first kappa shape index (κ1) is 10.8. The summed E-state index contributed by atoms with van der Waals surface area (Å²) < 4.78 is 5.55. The predicted octanol–water partition coefficient (Wildman–Crippen LogP) is 2.70. The van der Waals surface area contributed by atoms with Crippen molar-refractivity contribution in [3.63, 3.8) is 0 Å². The Morgan fingerprint density at radius 3 is 2.78 bits per heavy atom. The molecule has 0 unspecified atom stereocenters. The molecule has 1 aromatic carbocycles. The lowest BCUT2D eigenvalue weighted by Crippen LogP contribution is -2.51. The van der Waals surface area contributed by atoms with Crippen LogP contribution in [-0.4, -0.2) is 17.8 Å². The van der Waals surface area contributed by atoms with Crippen molar-refractivity contribution < 1.29 is 4.74 Å². The third-order valence-corrected chi connectivity index (χ3v) is 5.32. The molecule has 1 N–H and O–H groups in total. The second kappa shape index (κ2) is 3.95. The van der Waals surface area contributed by atoms with Crippen LogP contribution in [0.25, 0.3) is 0 Å². The van der Waals surface area contributed by atoms with Crippen LogP contribution in [0.3, 0.4) is 0 Å². The first-order valence-corrected chi connectivity index (χ1v) is 7.22. The molecular weight excluding hydrogens is 242 g/mol. The quantitative estimate of drug-likeness (QED) is 0.784. The lowest BCUT2D eigenvalue weighted by molar-refractivity contribution is 0.110. The maximum Gasteiger partial charge on any atom is 0.256 e. The topological polar surface area (TPSA) is 21.3 Å². The van der Waals surface area contributed by atoms with Crippen LogP contribution in [0.2, 0.25) is 0 Å². The second-order valence-corrected chi connectivity index (χ2v) is 6.22. The van der Waals surface area contributed by atoms with Crippen molar-refractivity contribution in [3.05, 3.63) is 35.9 Å². The van der Waals surface area contributed by atoms with Gasteiger partial charge in [0.1, 0.15) is 0 Å². The van der Waals surface area contributed by atoms with E-state index < -0.39 is 0 Å². The van der Waals surface area contributed by atoms with Gasteiger partial charge in [0, 0.05) is 12.0 Å². The Hall–Kier alpha value is -1.09. The van der Waals surface area contributed by atoms with Crippen LogP contribution in [-0.2, 0) is 4.74 Å². The molecule has 0 aromatic heterocycles. The molecule has 0 radical (unpaired) electrons. The van der Waals surface area contributed by atoms with E-state index >= 15 is 0 Å². The molecule has 3 fully saturated rings. The number of nitrogens with one attached hydrogen (secondary N) is 1. The molecule has 1 heterocycles. The average Bonchev–Trinajstić information content (AvgIpc) is 2.98. The Balaban J connectivity index is 1.61. The molecule has 2 saturated carbocycles. The zero-order chi connectivity index (χ0) is 12.1. The van der Waals surface area contributed by atoms with Crippen molar-refractivity contribution in [1.29, 1.82) is 0 Å². The molecule has 5 atom stereocenters. The molecule has 2 bridgehead atoms. The van der Waals surface area contributed by atoms with Gasteiger partial charge in [0.2, 0.25) is 0 Å². The predicted molar refractivity (Wildman–Crippen MR) is 74.4 cm³/mol. The highest BCUT2D eigenvalue weighted by Gasteiger charge is 2.54. The van der Waals surface area contributed by atoms with Gasteiger partial charge in [-0.3, -0.25) is 0 Å². The monoisotopic (exact) mass is 259 g/mol. The first-order valence-electron chi connectivity index (χ1n) is 6.81. The average molecular weight is 259 g/mol. The standard InChI is InChI=1S/C15H17NOS/c18-15-16-14-10-6-11(9-4-2-1-3-5-9)12(7-10)13(14)8-17-15/h1-5,10-14H,6-8H2,(H,16,18)/t10-,11+,12-,13+,14-/m1/s1. The SMILES string of the molecule is S=C1N[C@@H]2[C@H]3C[C@@H]([C@@H]2CO1)[C@H](c1ccccc1)C3. The Bertz CT molecular complexity index is 475. The molecule has 0 spiro atoms. The van der Waals surface area contributed by atoms with Gasteiger partial charge in [-0.25, -0.2) is 0 Å². The minimum Gasteiger partial charge on any atom is -0.471 e. The van der Waals surface area contributed by atoms with E-state index in [-0.39, 0.29) is 0 Å². The van der Waals surface area contributed by atoms with E-state index in [4.69, 9.17) is 17.0 Å². The van der Waals surface area contributed by atoms with Crippen LogP contribution < -0.4 is 5.32 Å². The van der Waals surface area contributed by atoms with E-state index in [0.29, 0.717) is 17.1 Å². The van der Waals surface area contributed by atoms with Crippen molar-refractivity contribution in [1.82, 2.24) is 5.32 Å². The molecule has 4 rings (SSSR count). The van der Waals surface area contributed by atoms with E-state index in [1.807, 2.05) is 0 Å². The van der Waals surface area contributed by atoms with E-state index in [0.717, 1.165) is 24.4 Å². The molecule has 18 heavy (non-hydrogen) atoms. The summed E-state index contributed by atoms with van der Waals surface area (Å²) in [6, 6.07) is 11.6. The molecule has 2 aliphatic carbocycles. The number of rotatable bonds is 1. The van der Waals surface area contributed by atoms with Gasteiger partial charge in [-0.15, -0.1) is 0 Å². The lowest BCUT2D eigenvalue weighted by Gasteiger charge is -2.39. The van der Waals surface area contributed by atoms with Crippen molar-refractivity contribution in [2.24, 2.45) is 17.8 Å². The van der Waals surface area contributed by atoms with Crippen molar-refractivity contribution >= 4 is 17.4 Å². The maximum atomic E-state index is 5.55. The number of benzene rings is 1. The summed E-state index contributed by atoms with van der Waals surface area (Å²) in [4.78, 5) is 0. The normalized spacial score (nSPS) is 41.1. The van der Waals surface area contributed by atoms with Crippen LogP contribution in [0.4, 0.5) is 0 Å². The molecule has 1 aromatic rings. The molecule has 1 aliphatic heterocycles. The van der Waals surface area contributed by atoms with Gasteiger partial charge in [-0.2, -0.15) is 0 Å². The highest BCUT2D eigenvalue weighted by Crippen LogP contribution is 2.56. The third-order valence-electron chi connectivity index (χ3n) is 5.09. The smallest absolute Gasteiger partial charge is 0.256 e. The van der Waals surface area contributed by atoms with Gasteiger partial charge in [0.05, 0.1) is 6.61 Å². The number of hydrogen-bond donors (Lipinski definition) is 1. The van der Waals surface area contributed by atoms with E-state index in [1.165, 1.54) is 18.4 Å². The highest BCUT2D eigenvalue weighted by molar-refractivity contribution is 7.80. The summed E-state index contributed by atoms with van der Waals surface area (Å²) in [6.07, 6.45) is 2.65. The van der Waals surface area contributed by atoms with Gasteiger partial charge in [-0.05, 0) is 48.4 Å². The number of hydrogen-bond acceptors (Lipinski definition) is 2. The number of fused-ring (bicyclic) bond motifs is 5. The van der Waals surface area contributed by atoms with Crippen molar-refractivity contribution in [2.45, 2.75) is 24.8 Å². The van der Waals surface area contributed by atoms with Gasteiger partial charge < -0.3 is 10.1 Å². The zero-order valence-corrected chi connectivity index (χ0v) is 11.0. The Morgan fingerprint density at radius 1 is 1.11 bits per heavy atom. The number of ether oxygens (including phenoxy) is 1.